The molecule has 2 heterocycles. The van der Waals surface area contributed by atoms with Crippen LogP contribution in [0.15, 0.2) is 36.4 Å². The fourth-order valence-electron chi connectivity index (χ4n) is 3.43. The van der Waals surface area contributed by atoms with Gasteiger partial charge in [-0.15, -0.1) is 4.67 Å². The Bertz CT molecular complexity index is 1110. The molecule has 0 bridgehead atoms. The average Bonchev–Trinajstić information content (AvgIpc) is 2.97. The molecule has 0 spiro atoms. The molecule has 4 N–H and O–H groups in total. The van der Waals surface area contributed by atoms with Crippen molar-refractivity contribution in [3.63, 3.8) is 0 Å². The van der Waals surface area contributed by atoms with Gasteiger partial charge in [-0.3, -0.25) is 4.79 Å². The summed E-state index contributed by atoms with van der Waals surface area (Å²) in [7, 11) is -1.13. The van der Waals surface area contributed by atoms with Gasteiger partial charge in [0.05, 0.1) is 5.56 Å². The van der Waals surface area contributed by atoms with Crippen molar-refractivity contribution in [3.05, 3.63) is 58.9 Å². The predicted octanol–water partition coefficient (Wildman–Crippen LogP) is 3.79. The average molecular weight is 421 g/mol. The van der Waals surface area contributed by atoms with Crippen molar-refractivity contribution >= 4 is 24.7 Å². The third-order valence-electron chi connectivity index (χ3n) is 4.56. The van der Waals surface area contributed by atoms with Gasteiger partial charge >= 0.3 is 7.91 Å². The van der Waals surface area contributed by atoms with E-state index in [9.17, 15) is 9.18 Å². The van der Waals surface area contributed by atoms with Crippen LogP contribution < -0.4 is 10.6 Å². The van der Waals surface area contributed by atoms with Gasteiger partial charge in [0.1, 0.15) is 5.82 Å². The highest BCUT2D eigenvalue weighted by Gasteiger charge is 2.23. The van der Waals surface area contributed by atoms with Crippen LogP contribution in [0.25, 0.3) is 22.2 Å². The van der Waals surface area contributed by atoms with Gasteiger partial charge in [-0.25, -0.2) is 18.8 Å². The Morgan fingerprint density at radius 1 is 1.28 bits per heavy atom. The minimum absolute atomic E-state index is 0. The molecule has 8 nitrogen and oxygen atoms in total. The molecular formula is C19H21FN3O5P. The lowest BCUT2D eigenvalue weighted by atomic mass is 9.99. The van der Waals surface area contributed by atoms with E-state index in [1.165, 1.54) is 17.7 Å². The van der Waals surface area contributed by atoms with Gasteiger partial charge in [0.2, 0.25) is 0 Å². The first-order valence-corrected chi connectivity index (χ1v) is 9.86. The SMILES string of the molecule is CNCc1ccc(-c2[nH]c3cc(F)cc4c3c2CCNC4=O)cc1.O=P(=O)OO.[HH]. The van der Waals surface area contributed by atoms with E-state index < -0.39 is 13.7 Å². The highest BCUT2D eigenvalue weighted by molar-refractivity contribution is 7.24. The van der Waals surface area contributed by atoms with Gasteiger partial charge in [0.15, 0.2) is 0 Å². The van der Waals surface area contributed by atoms with Crippen LogP contribution in [0.5, 0.6) is 0 Å². The number of benzene rings is 2. The first-order chi connectivity index (χ1) is 13.9. The molecule has 2 aromatic carbocycles. The van der Waals surface area contributed by atoms with Crippen molar-refractivity contribution < 1.29 is 29.7 Å². The van der Waals surface area contributed by atoms with Crippen molar-refractivity contribution in [2.45, 2.75) is 13.0 Å². The van der Waals surface area contributed by atoms with Crippen LogP contribution in [0.1, 0.15) is 22.9 Å². The quantitative estimate of drug-likeness (QED) is 0.289. The number of nitrogens with one attached hydrogen (secondary N) is 3. The largest absolute Gasteiger partial charge is 0.496 e. The summed E-state index contributed by atoms with van der Waals surface area (Å²) < 4.78 is 34.5. The van der Waals surface area contributed by atoms with Crippen LogP contribution in [-0.2, 0) is 26.8 Å². The van der Waals surface area contributed by atoms with Crippen molar-refractivity contribution in [1.82, 2.24) is 15.6 Å². The zero-order chi connectivity index (χ0) is 21.0. The molecule has 3 aromatic rings. The van der Waals surface area contributed by atoms with E-state index in [1.54, 1.807) is 0 Å². The number of hydrogen-bond acceptors (Lipinski definition) is 6. The molecule has 0 fully saturated rings. The van der Waals surface area contributed by atoms with Gasteiger partial charge in [0.25, 0.3) is 5.91 Å². The van der Waals surface area contributed by atoms with E-state index in [2.05, 4.69) is 44.6 Å². The van der Waals surface area contributed by atoms with Gasteiger partial charge in [0, 0.05) is 31.1 Å². The predicted molar refractivity (Wildman–Crippen MR) is 107 cm³/mol. The molecule has 1 aromatic heterocycles. The second-order valence-electron chi connectivity index (χ2n) is 6.39. The molecule has 0 aliphatic carbocycles. The second-order valence-corrected chi connectivity index (χ2v) is 7.00. The number of carbonyl (C=O) groups excluding carboxylic acids is 1. The Kier molecular flexibility index (Phi) is 6.56. The Morgan fingerprint density at radius 3 is 2.59 bits per heavy atom. The third kappa shape index (κ3) is 4.60. The number of carbonyl (C=O) groups is 1. The van der Waals surface area contributed by atoms with E-state index in [4.69, 9.17) is 14.4 Å². The molecule has 154 valence electrons. The number of aromatic nitrogens is 1. The second kappa shape index (κ2) is 9.11. The summed E-state index contributed by atoms with van der Waals surface area (Å²) in [6.45, 7) is 1.36. The van der Waals surface area contributed by atoms with E-state index in [0.717, 1.165) is 35.2 Å². The van der Waals surface area contributed by atoms with Crippen LogP contribution >= 0.6 is 7.91 Å². The molecule has 29 heavy (non-hydrogen) atoms. The van der Waals surface area contributed by atoms with Crippen LogP contribution in [0, 0.1) is 5.82 Å². The Balaban J connectivity index is 0.000000482. The molecule has 0 radical (unpaired) electrons. The molecule has 0 saturated heterocycles. The maximum atomic E-state index is 13.9. The molecule has 1 amide bonds. The van der Waals surface area contributed by atoms with Gasteiger partial charge in [-0.1, -0.05) is 24.3 Å². The summed E-state index contributed by atoms with van der Waals surface area (Å²) in [5.41, 5.74) is 5.36. The number of rotatable bonds is 4. The molecule has 1 aliphatic heterocycles. The van der Waals surface area contributed by atoms with Gasteiger partial charge < -0.3 is 15.6 Å². The molecular weight excluding hydrogens is 400 g/mol. The van der Waals surface area contributed by atoms with E-state index in [1.807, 2.05) is 7.05 Å². The summed E-state index contributed by atoms with van der Waals surface area (Å²) in [6.07, 6.45) is 0.720. The highest BCUT2D eigenvalue weighted by atomic mass is 31.1. The number of aromatic amines is 1. The molecule has 10 heteroatoms. The summed E-state index contributed by atoms with van der Waals surface area (Å²) in [4.78, 5) is 15.5. The number of halogens is 1. The Morgan fingerprint density at radius 2 is 1.97 bits per heavy atom. The minimum atomic E-state index is -3.04. The first-order valence-electron chi connectivity index (χ1n) is 8.76. The number of hydrogen-bond donors (Lipinski definition) is 4. The third-order valence-corrected chi connectivity index (χ3v) is 4.70. The van der Waals surface area contributed by atoms with Crippen molar-refractivity contribution in [1.29, 1.82) is 0 Å². The van der Waals surface area contributed by atoms with Crippen LogP contribution in [0.3, 0.4) is 0 Å². The molecule has 4 rings (SSSR count). The van der Waals surface area contributed by atoms with Crippen molar-refractivity contribution in [3.8, 4) is 11.3 Å². The number of amides is 1. The molecule has 0 unspecified atom stereocenters. The standard InChI is InChI=1S/C19H18FN3O.HO4P.H2/c1-21-10-11-2-4-12(5-3-11)18-14-6-7-22-19(24)15-8-13(20)9-16(23-18)17(14)15;1-4-5(2)3;/h2-5,8-9,21,23H,6-7,10H2,1H3,(H,22,24);1H;1H. The van der Waals surface area contributed by atoms with Gasteiger partial charge in [-0.2, -0.15) is 0 Å². The molecule has 1 aliphatic rings. The normalized spacial score (nSPS) is 12.7. The highest BCUT2D eigenvalue weighted by Crippen LogP contribution is 2.34. The molecule has 0 atom stereocenters. The lowest BCUT2D eigenvalue weighted by molar-refractivity contribution is -0.132. The maximum Gasteiger partial charge on any atom is 0.496 e. The molecule has 0 saturated carbocycles. The van der Waals surface area contributed by atoms with E-state index >= 15 is 0 Å². The smallest absolute Gasteiger partial charge is 0.354 e. The monoisotopic (exact) mass is 421 g/mol. The minimum Gasteiger partial charge on any atom is -0.354 e. The topological polar surface area (TPSA) is 121 Å². The zero-order valence-electron chi connectivity index (χ0n) is 15.5. The first kappa shape index (κ1) is 20.9. The Hall–Kier alpha value is -2.84. The van der Waals surface area contributed by atoms with Crippen molar-refractivity contribution in [2.75, 3.05) is 13.6 Å². The zero-order valence-corrected chi connectivity index (χ0v) is 16.4. The van der Waals surface area contributed by atoms with Crippen LogP contribution in [0.4, 0.5) is 4.39 Å². The summed E-state index contributed by atoms with van der Waals surface area (Å²) in [5, 5.41) is 13.9. The van der Waals surface area contributed by atoms with Crippen molar-refractivity contribution in [2.24, 2.45) is 0 Å². The summed E-state index contributed by atoms with van der Waals surface area (Å²) in [5.74, 6) is -0.619. The Labute approximate surface area is 167 Å². The van der Waals surface area contributed by atoms with Crippen LogP contribution in [0.2, 0.25) is 0 Å². The number of H-pyrrole nitrogens is 1. The lowest BCUT2D eigenvalue weighted by Gasteiger charge is -2.06. The summed E-state index contributed by atoms with van der Waals surface area (Å²) in [6, 6.07) is 11.0. The van der Waals surface area contributed by atoms with Gasteiger partial charge in [-0.05, 0) is 42.3 Å². The summed E-state index contributed by atoms with van der Waals surface area (Å²) >= 11 is 0. The van der Waals surface area contributed by atoms with E-state index in [-0.39, 0.29) is 7.33 Å². The fraction of sp³-hybridized carbons (Fsp3) is 0.211. The fourth-order valence-corrected chi connectivity index (χ4v) is 3.43. The lowest BCUT2D eigenvalue weighted by Crippen LogP contribution is -2.23. The van der Waals surface area contributed by atoms with Crippen LogP contribution in [-0.4, -0.2) is 29.7 Å². The van der Waals surface area contributed by atoms with E-state index in [0.29, 0.717) is 17.6 Å². The maximum absolute atomic E-state index is 13.9.